The van der Waals surface area contributed by atoms with Gasteiger partial charge in [-0.05, 0) is 64.9 Å². The standard InChI is InChI=1S/C34H30N2O7S2/c1-20-14-29(38)43-27-16-25(12-13-26(20)27)44-18-23-19-45-33-30(35-28(37)15-21-6-4-3-5-7-21)32(39)36(33)31(23)34(40)42-17-22-8-10-24(41-2)11-9-22/h3-14,16,19,30-31,33H,15,17-18H2,1-2H3,(H,35,37)/t30-,31?,33-/m1/s1. The van der Waals surface area contributed by atoms with Crippen LogP contribution in [0.25, 0.3) is 11.0 Å². The van der Waals surface area contributed by atoms with Crippen molar-refractivity contribution in [3.05, 3.63) is 117 Å². The van der Waals surface area contributed by atoms with E-state index in [9.17, 15) is 19.2 Å². The molecular formula is C34H30N2O7S2. The van der Waals surface area contributed by atoms with E-state index < -0.39 is 29.1 Å². The lowest BCUT2D eigenvalue weighted by atomic mass is 9.98. The fourth-order valence-corrected chi connectivity index (χ4v) is 7.60. The van der Waals surface area contributed by atoms with Crippen molar-refractivity contribution in [1.82, 2.24) is 10.2 Å². The molecule has 1 saturated heterocycles. The second-order valence-electron chi connectivity index (χ2n) is 10.7. The summed E-state index contributed by atoms with van der Waals surface area (Å²) in [7, 11) is 1.58. The number of carbonyl (C=O) groups excluding carboxylic acids is 3. The maximum atomic E-state index is 13.6. The first-order valence-corrected chi connectivity index (χ1v) is 16.2. The molecule has 11 heteroatoms. The first-order valence-electron chi connectivity index (χ1n) is 14.3. The lowest BCUT2D eigenvalue weighted by molar-refractivity contribution is -0.163. The predicted octanol–water partition coefficient (Wildman–Crippen LogP) is 4.84. The number of hydrogen-bond donors (Lipinski definition) is 1. The summed E-state index contributed by atoms with van der Waals surface area (Å²) >= 11 is 2.86. The van der Waals surface area contributed by atoms with E-state index in [0.717, 1.165) is 27.0 Å². The van der Waals surface area contributed by atoms with E-state index in [1.54, 1.807) is 25.3 Å². The van der Waals surface area contributed by atoms with Gasteiger partial charge in [0, 0.05) is 22.1 Å². The molecule has 0 bridgehead atoms. The van der Waals surface area contributed by atoms with Gasteiger partial charge in [0.2, 0.25) is 11.8 Å². The number of fused-ring (bicyclic) bond motifs is 2. The molecule has 2 aliphatic rings. The van der Waals surface area contributed by atoms with Crippen molar-refractivity contribution in [3.8, 4) is 5.75 Å². The van der Waals surface area contributed by atoms with E-state index in [1.165, 1.54) is 34.5 Å². The number of thioether (sulfide) groups is 2. The first kappa shape index (κ1) is 30.5. The van der Waals surface area contributed by atoms with Crippen molar-refractivity contribution in [1.29, 1.82) is 0 Å². The fourth-order valence-electron chi connectivity index (χ4n) is 5.34. The quantitative estimate of drug-likeness (QED) is 0.112. The number of nitrogens with one attached hydrogen (secondary N) is 1. The molecule has 3 aromatic carbocycles. The summed E-state index contributed by atoms with van der Waals surface area (Å²) in [4.78, 5) is 54.2. The Hall–Kier alpha value is -4.48. The van der Waals surface area contributed by atoms with Crippen LogP contribution < -0.4 is 15.7 Å². The second-order valence-corrected chi connectivity index (χ2v) is 12.8. The van der Waals surface area contributed by atoms with Crippen LogP contribution in [0.3, 0.4) is 0 Å². The van der Waals surface area contributed by atoms with Crippen molar-refractivity contribution in [2.45, 2.75) is 42.3 Å². The molecule has 0 radical (unpaired) electrons. The lowest BCUT2D eigenvalue weighted by Crippen LogP contribution is -2.74. The van der Waals surface area contributed by atoms with Gasteiger partial charge >= 0.3 is 11.6 Å². The summed E-state index contributed by atoms with van der Waals surface area (Å²) in [6, 6.07) is 21.9. The highest BCUT2D eigenvalue weighted by atomic mass is 32.2. The Labute approximate surface area is 268 Å². The number of amides is 2. The molecule has 1 unspecified atom stereocenters. The molecular weight excluding hydrogens is 613 g/mol. The van der Waals surface area contributed by atoms with Gasteiger partial charge in [-0.2, -0.15) is 0 Å². The molecule has 6 rings (SSSR count). The molecule has 0 spiro atoms. The molecule has 2 aliphatic heterocycles. The summed E-state index contributed by atoms with van der Waals surface area (Å²) in [6.45, 7) is 1.88. The third-order valence-corrected chi connectivity index (χ3v) is 9.97. The molecule has 0 saturated carbocycles. The van der Waals surface area contributed by atoms with E-state index in [4.69, 9.17) is 13.9 Å². The third kappa shape index (κ3) is 6.64. The van der Waals surface area contributed by atoms with E-state index in [1.807, 2.05) is 66.9 Å². The van der Waals surface area contributed by atoms with Crippen LogP contribution in [0.4, 0.5) is 0 Å². The summed E-state index contributed by atoms with van der Waals surface area (Å²) in [5.41, 5.74) is 3.23. The van der Waals surface area contributed by atoms with Crippen LogP contribution in [-0.2, 0) is 32.1 Å². The average molecular weight is 643 g/mol. The van der Waals surface area contributed by atoms with E-state index in [-0.39, 0.29) is 24.8 Å². The largest absolute Gasteiger partial charge is 0.497 e. The second kappa shape index (κ2) is 13.3. The van der Waals surface area contributed by atoms with Crippen LogP contribution in [0.2, 0.25) is 0 Å². The first-order chi connectivity index (χ1) is 21.8. The highest BCUT2D eigenvalue weighted by Gasteiger charge is 2.56. The number of aryl methyl sites for hydroxylation is 1. The third-order valence-electron chi connectivity index (χ3n) is 7.68. The van der Waals surface area contributed by atoms with Crippen molar-refractivity contribution in [3.63, 3.8) is 0 Å². The molecule has 0 aliphatic carbocycles. The topological polar surface area (TPSA) is 115 Å². The Morgan fingerprint density at radius 3 is 2.53 bits per heavy atom. The van der Waals surface area contributed by atoms with E-state index in [0.29, 0.717) is 22.7 Å². The average Bonchev–Trinajstić information content (AvgIpc) is 3.05. The molecule has 3 atom stereocenters. The van der Waals surface area contributed by atoms with Crippen LogP contribution in [0.5, 0.6) is 5.75 Å². The summed E-state index contributed by atoms with van der Waals surface area (Å²) in [5.74, 6) is -0.0706. The number of hydrogen-bond acceptors (Lipinski definition) is 9. The molecule has 9 nitrogen and oxygen atoms in total. The summed E-state index contributed by atoms with van der Waals surface area (Å²) in [6.07, 6.45) is 0.151. The predicted molar refractivity (Wildman–Crippen MR) is 173 cm³/mol. The van der Waals surface area contributed by atoms with Crippen LogP contribution in [-0.4, -0.2) is 53.0 Å². The van der Waals surface area contributed by atoms with Gasteiger partial charge < -0.3 is 24.1 Å². The molecule has 2 amide bonds. The normalized spacial score (nSPS) is 18.9. The zero-order valence-corrected chi connectivity index (χ0v) is 26.2. The smallest absolute Gasteiger partial charge is 0.336 e. The number of carbonyl (C=O) groups is 3. The van der Waals surface area contributed by atoms with Crippen molar-refractivity contribution in [2.75, 3.05) is 12.9 Å². The SMILES string of the molecule is COc1ccc(COC(=O)C2C(CSc3ccc4c(C)cc(=O)oc4c3)=CS[C@@H]3[C@H](NC(=O)Cc4ccccc4)C(=O)N23)cc1. The van der Waals surface area contributed by atoms with Gasteiger partial charge in [-0.15, -0.1) is 23.5 Å². The number of nitrogens with zero attached hydrogens (tertiary/aromatic N) is 1. The van der Waals surface area contributed by atoms with Gasteiger partial charge in [0.1, 0.15) is 29.4 Å². The van der Waals surface area contributed by atoms with Gasteiger partial charge in [-0.25, -0.2) is 9.59 Å². The van der Waals surface area contributed by atoms with Crippen molar-refractivity contribution >= 4 is 52.3 Å². The number of esters is 1. The Morgan fingerprint density at radius 1 is 1.00 bits per heavy atom. The monoisotopic (exact) mass is 642 g/mol. The number of methoxy groups -OCH3 is 1. The number of ether oxygens (including phenoxy) is 2. The summed E-state index contributed by atoms with van der Waals surface area (Å²) in [5, 5.41) is 5.15. The Morgan fingerprint density at radius 2 is 1.78 bits per heavy atom. The summed E-state index contributed by atoms with van der Waals surface area (Å²) < 4.78 is 16.3. The Kier molecular flexibility index (Phi) is 8.99. The number of rotatable bonds is 10. The highest BCUT2D eigenvalue weighted by Crippen LogP contribution is 2.42. The van der Waals surface area contributed by atoms with Crippen LogP contribution in [0, 0.1) is 6.92 Å². The van der Waals surface area contributed by atoms with Crippen LogP contribution in [0.15, 0.2) is 104 Å². The zero-order valence-electron chi connectivity index (χ0n) is 24.6. The maximum absolute atomic E-state index is 13.6. The molecule has 1 N–H and O–H groups in total. The van der Waals surface area contributed by atoms with Gasteiger partial charge in [-0.3, -0.25) is 9.59 Å². The van der Waals surface area contributed by atoms with Gasteiger partial charge in [0.05, 0.1) is 13.5 Å². The minimum Gasteiger partial charge on any atom is -0.497 e. The minimum atomic E-state index is -0.947. The fraction of sp³-hybridized carbons (Fsp3) is 0.235. The maximum Gasteiger partial charge on any atom is 0.336 e. The molecule has 45 heavy (non-hydrogen) atoms. The lowest BCUT2D eigenvalue weighted by Gasteiger charge is -2.51. The van der Waals surface area contributed by atoms with E-state index in [2.05, 4.69) is 5.32 Å². The number of β-lactam (4-membered cyclic amide) rings is 1. The molecule has 4 aromatic rings. The molecule has 1 fully saturated rings. The van der Waals surface area contributed by atoms with Crippen LogP contribution in [0.1, 0.15) is 16.7 Å². The highest BCUT2D eigenvalue weighted by molar-refractivity contribution is 8.03. The Bertz CT molecular complexity index is 1840. The van der Waals surface area contributed by atoms with Gasteiger partial charge in [0.25, 0.3) is 0 Å². The number of benzene rings is 3. The van der Waals surface area contributed by atoms with E-state index >= 15 is 0 Å². The van der Waals surface area contributed by atoms with Crippen molar-refractivity contribution < 1.29 is 28.3 Å². The molecule has 1 aromatic heterocycles. The molecule has 230 valence electrons. The zero-order chi connectivity index (χ0) is 31.5. The van der Waals surface area contributed by atoms with Gasteiger partial charge in [-0.1, -0.05) is 42.5 Å². The van der Waals surface area contributed by atoms with Crippen molar-refractivity contribution in [2.24, 2.45) is 0 Å². The minimum absolute atomic E-state index is 0.0277. The molecule has 3 heterocycles. The van der Waals surface area contributed by atoms with Gasteiger partial charge in [0.15, 0.2) is 6.04 Å². The van der Waals surface area contributed by atoms with Crippen LogP contribution >= 0.6 is 23.5 Å². The Balaban J connectivity index is 1.19.